The molecule has 0 aromatic heterocycles. The molecule has 7 aromatic rings. The Morgan fingerprint density at radius 2 is 1.09 bits per heavy atom. The molecule has 0 N–H and O–H groups in total. The molecule has 0 fully saturated rings. The molecule has 0 aliphatic carbocycles. The molecule has 0 spiro atoms. The van der Waals surface area contributed by atoms with E-state index >= 15 is 0 Å². The monoisotopic (exact) mass is 444 g/mol. The quantitative estimate of drug-likeness (QED) is 0.181. The Kier molecular flexibility index (Phi) is 3.72. The standard InChI is InChI=1S/C34H20O/c1-2-7-22-19-30-25(16-21(22)6-1)13-12-24-17-23(14-15-28(24)30)27-18-26-8-5-11-33-34(26)31(20-27)29-9-3-4-10-32(29)35-33/h1-20H. The molecule has 1 aliphatic rings. The first-order chi connectivity index (χ1) is 17.3. The number of benzene rings is 7. The number of fused-ring (bicyclic) bond motifs is 6. The van der Waals surface area contributed by atoms with Crippen molar-refractivity contribution in [3.8, 4) is 33.8 Å². The second-order valence-electron chi connectivity index (χ2n) is 9.40. The fourth-order valence-electron chi connectivity index (χ4n) is 5.69. The highest BCUT2D eigenvalue weighted by Crippen LogP contribution is 2.48. The van der Waals surface area contributed by atoms with Crippen molar-refractivity contribution in [2.75, 3.05) is 0 Å². The van der Waals surface area contributed by atoms with Crippen LogP contribution in [0.15, 0.2) is 121 Å². The summed E-state index contributed by atoms with van der Waals surface area (Å²) in [5.41, 5.74) is 4.84. The van der Waals surface area contributed by atoms with E-state index in [2.05, 4.69) is 115 Å². The van der Waals surface area contributed by atoms with Gasteiger partial charge in [0.2, 0.25) is 0 Å². The van der Waals surface area contributed by atoms with Crippen molar-refractivity contribution in [3.05, 3.63) is 121 Å². The first-order valence-electron chi connectivity index (χ1n) is 12.0. The van der Waals surface area contributed by atoms with Crippen LogP contribution in [0.3, 0.4) is 0 Å². The third-order valence-corrected chi connectivity index (χ3v) is 7.37. The molecule has 35 heavy (non-hydrogen) atoms. The van der Waals surface area contributed by atoms with Crippen LogP contribution in [-0.2, 0) is 0 Å². The van der Waals surface area contributed by atoms with Gasteiger partial charge in [-0.25, -0.2) is 0 Å². The molecule has 0 saturated heterocycles. The minimum atomic E-state index is 0.918. The van der Waals surface area contributed by atoms with Crippen LogP contribution in [-0.4, -0.2) is 0 Å². The van der Waals surface area contributed by atoms with Crippen molar-refractivity contribution in [2.24, 2.45) is 0 Å². The molecule has 7 aromatic carbocycles. The molecule has 1 heteroatoms. The zero-order valence-electron chi connectivity index (χ0n) is 19.0. The van der Waals surface area contributed by atoms with Crippen molar-refractivity contribution in [1.29, 1.82) is 0 Å². The second kappa shape index (κ2) is 6.94. The topological polar surface area (TPSA) is 9.23 Å². The maximum Gasteiger partial charge on any atom is 0.135 e. The Hall–Kier alpha value is -4.62. The lowest BCUT2D eigenvalue weighted by molar-refractivity contribution is 0.487. The van der Waals surface area contributed by atoms with Gasteiger partial charge in [-0.3, -0.25) is 0 Å². The van der Waals surface area contributed by atoms with Crippen molar-refractivity contribution in [2.45, 2.75) is 0 Å². The molecule has 0 bridgehead atoms. The summed E-state index contributed by atoms with van der Waals surface area (Å²) in [6.45, 7) is 0. The average molecular weight is 445 g/mol. The summed E-state index contributed by atoms with van der Waals surface area (Å²) >= 11 is 0. The van der Waals surface area contributed by atoms with Crippen LogP contribution in [0.2, 0.25) is 0 Å². The van der Waals surface area contributed by atoms with Crippen molar-refractivity contribution >= 4 is 43.1 Å². The first kappa shape index (κ1) is 18.8. The lowest BCUT2D eigenvalue weighted by atomic mass is 9.90. The normalized spacial score (nSPS) is 12.2. The third-order valence-electron chi connectivity index (χ3n) is 7.37. The van der Waals surface area contributed by atoms with Gasteiger partial charge in [0, 0.05) is 10.9 Å². The first-order valence-corrected chi connectivity index (χ1v) is 12.0. The van der Waals surface area contributed by atoms with Crippen molar-refractivity contribution in [1.82, 2.24) is 0 Å². The van der Waals surface area contributed by atoms with E-state index < -0.39 is 0 Å². The van der Waals surface area contributed by atoms with Gasteiger partial charge in [-0.15, -0.1) is 0 Å². The highest BCUT2D eigenvalue weighted by atomic mass is 16.5. The van der Waals surface area contributed by atoms with Gasteiger partial charge in [-0.2, -0.15) is 0 Å². The van der Waals surface area contributed by atoms with Crippen LogP contribution >= 0.6 is 0 Å². The average Bonchev–Trinajstić information content (AvgIpc) is 2.91. The van der Waals surface area contributed by atoms with Crippen molar-refractivity contribution in [3.63, 3.8) is 0 Å². The summed E-state index contributed by atoms with van der Waals surface area (Å²) < 4.78 is 6.22. The van der Waals surface area contributed by atoms with Gasteiger partial charge in [0.05, 0.1) is 0 Å². The summed E-state index contributed by atoms with van der Waals surface area (Å²) in [4.78, 5) is 0. The predicted octanol–water partition coefficient (Wildman–Crippen LogP) is 9.74. The van der Waals surface area contributed by atoms with Gasteiger partial charge in [0.15, 0.2) is 0 Å². The molecular formula is C34H20O. The Morgan fingerprint density at radius 3 is 2.00 bits per heavy atom. The van der Waals surface area contributed by atoms with Crippen LogP contribution in [0.5, 0.6) is 11.5 Å². The molecule has 0 saturated carbocycles. The Labute approximate surface area is 202 Å². The van der Waals surface area contributed by atoms with E-state index in [4.69, 9.17) is 4.74 Å². The minimum absolute atomic E-state index is 0.918. The smallest absolute Gasteiger partial charge is 0.135 e. The van der Waals surface area contributed by atoms with E-state index in [1.165, 1.54) is 59.8 Å². The van der Waals surface area contributed by atoms with Gasteiger partial charge >= 0.3 is 0 Å². The Morgan fingerprint density at radius 1 is 0.371 bits per heavy atom. The van der Waals surface area contributed by atoms with Crippen molar-refractivity contribution < 1.29 is 4.74 Å². The molecule has 8 rings (SSSR count). The van der Waals surface area contributed by atoms with Gasteiger partial charge in [-0.1, -0.05) is 78.9 Å². The van der Waals surface area contributed by atoms with Crippen LogP contribution < -0.4 is 4.74 Å². The zero-order valence-corrected chi connectivity index (χ0v) is 19.0. The molecule has 0 amide bonds. The number of hydrogen-bond donors (Lipinski definition) is 0. The summed E-state index contributed by atoms with van der Waals surface area (Å²) in [5.74, 6) is 1.85. The summed E-state index contributed by atoms with van der Waals surface area (Å²) in [6, 6.07) is 43.8. The molecule has 0 atom stereocenters. The van der Waals surface area contributed by atoms with E-state index in [-0.39, 0.29) is 0 Å². The van der Waals surface area contributed by atoms with Crippen LogP contribution in [0.25, 0.3) is 65.3 Å². The van der Waals surface area contributed by atoms with E-state index in [9.17, 15) is 0 Å². The van der Waals surface area contributed by atoms with E-state index in [0.717, 1.165) is 17.1 Å². The van der Waals surface area contributed by atoms with E-state index in [1.54, 1.807) is 0 Å². The van der Waals surface area contributed by atoms with E-state index in [1.807, 2.05) is 6.07 Å². The van der Waals surface area contributed by atoms with Gasteiger partial charge < -0.3 is 4.74 Å². The zero-order chi connectivity index (χ0) is 22.9. The van der Waals surface area contributed by atoms with E-state index in [0.29, 0.717) is 0 Å². The lowest BCUT2D eigenvalue weighted by Crippen LogP contribution is -1.97. The predicted molar refractivity (Wildman–Crippen MR) is 147 cm³/mol. The molecule has 1 heterocycles. The Bertz CT molecular complexity index is 1980. The van der Waals surface area contributed by atoms with Gasteiger partial charge in [0.25, 0.3) is 0 Å². The molecule has 1 aliphatic heterocycles. The highest BCUT2D eigenvalue weighted by molar-refractivity contribution is 6.13. The Balaban J connectivity index is 1.36. The number of hydrogen-bond acceptors (Lipinski definition) is 1. The number of ether oxygens (including phenoxy) is 1. The molecule has 162 valence electrons. The fourth-order valence-corrected chi connectivity index (χ4v) is 5.69. The summed E-state index contributed by atoms with van der Waals surface area (Å²) in [7, 11) is 0. The summed E-state index contributed by atoms with van der Waals surface area (Å²) in [6.07, 6.45) is 0. The van der Waals surface area contributed by atoms with Crippen LogP contribution in [0.1, 0.15) is 0 Å². The lowest BCUT2D eigenvalue weighted by Gasteiger charge is -2.22. The fraction of sp³-hybridized carbons (Fsp3) is 0. The largest absolute Gasteiger partial charge is 0.456 e. The second-order valence-corrected chi connectivity index (χ2v) is 9.40. The minimum Gasteiger partial charge on any atom is -0.456 e. The van der Waals surface area contributed by atoms with Crippen LogP contribution in [0, 0.1) is 0 Å². The molecule has 1 nitrogen and oxygen atoms in total. The maximum absolute atomic E-state index is 6.22. The third kappa shape index (κ3) is 2.76. The highest BCUT2D eigenvalue weighted by Gasteiger charge is 2.20. The molecular weight excluding hydrogens is 424 g/mol. The molecule has 0 radical (unpaired) electrons. The van der Waals surface area contributed by atoms with Crippen LogP contribution in [0.4, 0.5) is 0 Å². The number of para-hydroxylation sites is 1. The number of rotatable bonds is 1. The maximum atomic E-state index is 6.22. The van der Waals surface area contributed by atoms with Gasteiger partial charge in [-0.05, 0) is 96.9 Å². The van der Waals surface area contributed by atoms with Gasteiger partial charge in [0.1, 0.15) is 11.5 Å². The SMILES string of the molecule is c1ccc2c(c1)Oc1cccc3cc(-c4ccc5c(ccc6cc7ccccc7cc65)c4)cc-2c13. The molecule has 0 unspecified atom stereocenters. The summed E-state index contributed by atoms with van der Waals surface area (Å²) in [5, 5.41) is 10.1.